The van der Waals surface area contributed by atoms with Crippen LogP contribution in [-0.2, 0) is 36.4 Å². The number of fused-ring (bicyclic) bond motifs is 2. The first-order chi connectivity index (χ1) is 23.5. The Morgan fingerprint density at radius 1 is 0.812 bits per heavy atom. The summed E-state index contributed by atoms with van der Waals surface area (Å²) in [4.78, 5) is 29.5. The van der Waals surface area contributed by atoms with Crippen molar-refractivity contribution in [3.63, 3.8) is 0 Å². The van der Waals surface area contributed by atoms with Crippen LogP contribution in [0.3, 0.4) is 0 Å². The van der Waals surface area contributed by atoms with Crippen LogP contribution in [0.1, 0.15) is 40.7 Å². The maximum atomic E-state index is 14.2. The van der Waals surface area contributed by atoms with E-state index in [2.05, 4.69) is 41.7 Å². The van der Waals surface area contributed by atoms with Crippen molar-refractivity contribution in [2.45, 2.75) is 36.3 Å². The molecule has 0 aliphatic carbocycles. The number of nitrogens with one attached hydrogen (secondary N) is 1. The highest BCUT2D eigenvalue weighted by atomic mass is 35.5. The highest BCUT2D eigenvalue weighted by molar-refractivity contribution is 6.35. The van der Waals surface area contributed by atoms with Crippen LogP contribution in [0, 0.1) is 0 Å². The molecule has 7 heteroatoms. The number of rotatable bonds is 9. The minimum atomic E-state index is -0.858. The number of carbonyl (C=O) groups is 2. The molecule has 6 nitrogen and oxygen atoms in total. The molecule has 1 amide bonds. The maximum Gasteiger partial charge on any atom is 0.323 e. The lowest BCUT2D eigenvalue weighted by molar-refractivity contribution is -0.143. The van der Waals surface area contributed by atoms with E-state index in [1.54, 1.807) is 4.90 Å². The summed E-state index contributed by atoms with van der Waals surface area (Å²) in [6.07, 6.45) is 1.59. The minimum Gasteiger partial charge on any atom is -0.468 e. The molecule has 242 valence electrons. The van der Waals surface area contributed by atoms with E-state index in [0.29, 0.717) is 37.5 Å². The van der Waals surface area contributed by atoms with E-state index in [-0.39, 0.29) is 11.9 Å². The summed E-state index contributed by atoms with van der Waals surface area (Å²) in [5, 5.41) is 4.33. The first kappa shape index (κ1) is 31.8. The van der Waals surface area contributed by atoms with Gasteiger partial charge in [0.15, 0.2) is 0 Å². The number of carbonyl (C=O) groups excluding carboxylic acids is 2. The molecule has 2 aliphatic rings. The van der Waals surface area contributed by atoms with Gasteiger partial charge in [-0.15, -0.1) is 0 Å². The number of hydrogen-bond donors (Lipinski definition) is 1. The van der Waals surface area contributed by atoms with Crippen molar-refractivity contribution < 1.29 is 19.1 Å². The van der Waals surface area contributed by atoms with E-state index in [0.717, 1.165) is 39.2 Å². The van der Waals surface area contributed by atoms with Crippen molar-refractivity contribution in [2.24, 2.45) is 0 Å². The van der Waals surface area contributed by atoms with Crippen LogP contribution >= 0.6 is 11.6 Å². The fourth-order valence-electron chi connectivity index (χ4n) is 7.44. The van der Waals surface area contributed by atoms with Gasteiger partial charge in [-0.25, -0.2) is 0 Å². The van der Waals surface area contributed by atoms with E-state index in [4.69, 9.17) is 21.1 Å². The van der Waals surface area contributed by atoms with Crippen molar-refractivity contribution in [3.05, 3.63) is 166 Å². The van der Waals surface area contributed by atoms with Crippen LogP contribution in [0.15, 0.2) is 133 Å². The third kappa shape index (κ3) is 5.50. The van der Waals surface area contributed by atoms with Gasteiger partial charge in [0.25, 0.3) is 0 Å². The number of benzene rings is 5. The van der Waals surface area contributed by atoms with Crippen molar-refractivity contribution in [1.29, 1.82) is 0 Å². The first-order valence-corrected chi connectivity index (χ1v) is 16.7. The van der Waals surface area contributed by atoms with Gasteiger partial charge in [-0.05, 0) is 65.3 Å². The number of nitrogens with zero attached hydrogens (tertiary/aromatic N) is 1. The second kappa shape index (κ2) is 13.4. The molecule has 0 aromatic heterocycles. The third-order valence-corrected chi connectivity index (χ3v) is 10.1. The largest absolute Gasteiger partial charge is 0.468 e. The van der Waals surface area contributed by atoms with Crippen molar-refractivity contribution in [2.75, 3.05) is 25.2 Å². The monoisotopic (exact) mass is 656 g/mol. The van der Waals surface area contributed by atoms with Gasteiger partial charge in [-0.2, -0.15) is 0 Å². The quantitative estimate of drug-likeness (QED) is 0.130. The van der Waals surface area contributed by atoms with Gasteiger partial charge in [0.1, 0.15) is 6.04 Å². The molecule has 0 unspecified atom stereocenters. The molecule has 1 spiro atoms. The van der Waals surface area contributed by atoms with E-state index < -0.39 is 17.0 Å². The average Bonchev–Trinajstić information content (AvgIpc) is 3.38. The Labute approximate surface area is 286 Å². The van der Waals surface area contributed by atoms with Gasteiger partial charge in [-0.3, -0.25) is 19.8 Å². The normalized spacial score (nSPS) is 16.0. The SMILES string of the molecule is COC(=O)[C@H](Cc1ccc(N2C(=O)C3(CCOCC3)c3cccc(Cl)c32)cc1)NC(c1ccccc1)(c1ccccc1)c1ccccc1. The van der Waals surface area contributed by atoms with E-state index >= 15 is 0 Å². The highest BCUT2D eigenvalue weighted by Gasteiger charge is 2.52. The molecule has 1 atom stereocenters. The number of methoxy groups -OCH3 is 1. The number of hydrogen-bond acceptors (Lipinski definition) is 5. The predicted molar refractivity (Wildman–Crippen MR) is 189 cm³/mol. The lowest BCUT2D eigenvalue weighted by Crippen LogP contribution is -2.53. The zero-order chi connectivity index (χ0) is 33.1. The Morgan fingerprint density at radius 3 is 1.88 bits per heavy atom. The lowest BCUT2D eigenvalue weighted by atomic mass is 9.75. The summed E-state index contributed by atoms with van der Waals surface area (Å²) in [5.41, 5.74) is 4.83. The molecule has 1 saturated heterocycles. The van der Waals surface area contributed by atoms with Crippen LogP contribution < -0.4 is 10.2 Å². The number of anilines is 2. The van der Waals surface area contributed by atoms with Gasteiger partial charge in [0.2, 0.25) is 5.91 Å². The highest BCUT2D eigenvalue weighted by Crippen LogP contribution is 2.52. The first-order valence-electron chi connectivity index (χ1n) is 16.3. The minimum absolute atomic E-state index is 0.0223. The summed E-state index contributed by atoms with van der Waals surface area (Å²) in [5.74, 6) is -0.350. The van der Waals surface area contributed by atoms with Gasteiger partial charge >= 0.3 is 5.97 Å². The summed E-state index contributed by atoms with van der Waals surface area (Å²) >= 11 is 6.76. The Kier molecular flexibility index (Phi) is 8.88. The molecule has 48 heavy (non-hydrogen) atoms. The molecule has 0 saturated carbocycles. The van der Waals surface area contributed by atoms with Crippen molar-refractivity contribution >= 4 is 34.9 Å². The molecule has 5 aromatic rings. The summed E-state index contributed by atoms with van der Waals surface area (Å²) in [7, 11) is 1.42. The summed E-state index contributed by atoms with van der Waals surface area (Å²) < 4.78 is 11.0. The van der Waals surface area contributed by atoms with Crippen LogP contribution in [0.4, 0.5) is 11.4 Å². The Bertz CT molecular complexity index is 1800. The molecule has 1 fully saturated rings. The standard InChI is InChI=1S/C41H37ClN2O4/c1-47-38(45)36(43-41(30-12-5-2-6-13-30,31-14-7-3-8-15-31)32-16-9-4-10-17-32)28-29-20-22-33(23-21-29)44-37-34(18-11-19-35(37)42)40(39(44)46)24-26-48-27-25-40/h2-23,36,43H,24-28H2,1H3/t36-/m0/s1. The zero-order valence-electron chi connectivity index (χ0n) is 26.8. The second-order valence-electron chi connectivity index (χ2n) is 12.4. The van der Waals surface area contributed by atoms with Crippen molar-refractivity contribution in [3.8, 4) is 0 Å². The van der Waals surface area contributed by atoms with Gasteiger partial charge in [0.05, 0.1) is 28.8 Å². The zero-order valence-corrected chi connectivity index (χ0v) is 27.5. The van der Waals surface area contributed by atoms with Gasteiger partial charge in [-0.1, -0.05) is 127 Å². The summed E-state index contributed by atoms with van der Waals surface area (Å²) in [6, 6.07) is 43.4. The Hall–Kier alpha value is -4.75. The van der Waals surface area contributed by atoms with E-state index in [9.17, 15) is 9.59 Å². The van der Waals surface area contributed by atoms with E-state index in [1.165, 1.54) is 7.11 Å². The van der Waals surface area contributed by atoms with Crippen LogP contribution in [-0.4, -0.2) is 38.2 Å². The molecule has 2 aliphatic heterocycles. The maximum absolute atomic E-state index is 14.2. The number of amides is 1. The topological polar surface area (TPSA) is 67.9 Å². The van der Waals surface area contributed by atoms with E-state index in [1.807, 2.05) is 97.1 Å². The van der Waals surface area contributed by atoms with Crippen LogP contribution in [0.25, 0.3) is 0 Å². The van der Waals surface area contributed by atoms with Gasteiger partial charge in [0, 0.05) is 18.9 Å². The number of para-hydroxylation sites is 1. The third-order valence-electron chi connectivity index (χ3n) is 9.82. The molecule has 7 rings (SSSR count). The summed E-state index contributed by atoms with van der Waals surface area (Å²) in [6.45, 7) is 1.06. The lowest BCUT2D eigenvalue weighted by Gasteiger charge is -2.39. The number of halogens is 1. The molecular weight excluding hydrogens is 620 g/mol. The number of ether oxygens (including phenoxy) is 2. The molecule has 5 aromatic carbocycles. The fraction of sp³-hybridized carbons (Fsp3) is 0.220. The molecule has 0 bridgehead atoms. The second-order valence-corrected chi connectivity index (χ2v) is 12.8. The molecular formula is C41H37ClN2O4. The predicted octanol–water partition coefficient (Wildman–Crippen LogP) is 7.73. The molecule has 0 radical (unpaired) electrons. The Balaban J connectivity index is 1.25. The van der Waals surface area contributed by atoms with Crippen molar-refractivity contribution in [1.82, 2.24) is 5.32 Å². The van der Waals surface area contributed by atoms with Crippen LogP contribution in [0.2, 0.25) is 5.02 Å². The van der Waals surface area contributed by atoms with Gasteiger partial charge < -0.3 is 9.47 Å². The smallest absolute Gasteiger partial charge is 0.323 e. The number of esters is 1. The fourth-order valence-corrected chi connectivity index (χ4v) is 7.70. The average molecular weight is 657 g/mol. The van der Waals surface area contributed by atoms with Crippen LogP contribution in [0.5, 0.6) is 0 Å². The Morgan fingerprint density at radius 2 is 1.35 bits per heavy atom. The molecule has 2 heterocycles. The molecule has 1 N–H and O–H groups in total.